The normalized spacial score (nSPS) is 11.2. The first-order chi connectivity index (χ1) is 21.4. The van der Waals surface area contributed by atoms with Gasteiger partial charge < -0.3 is 30.6 Å². The lowest BCUT2D eigenvalue weighted by Crippen LogP contribution is -2.41. The minimum Gasteiger partial charge on any atom is -0.508 e. The van der Waals surface area contributed by atoms with Crippen molar-refractivity contribution in [2.45, 2.75) is 39.3 Å². The lowest BCUT2D eigenvalue weighted by Gasteiger charge is -2.23. The number of rotatable bonds is 12. The number of urea groups is 1. The number of primary amides is 1. The number of halogens is 1. The standard InChI is InChI=1S/C30H34FN7O7/c1-17(2)20-14-21(25(40)15-24(20)39)27(32)38(29(33)43)19-3-4-23-18(13-19)5-8-36(23)10-12-45-11-7-34-26(41)6-9-37-16-22(31)28(42)35-30(37)44/h3-5,8,13-17,32,39-40H,6-7,9-12H2,1-2H3,(H2,33,43)(H,34,41)(H,35,42,44). The fourth-order valence-corrected chi connectivity index (χ4v) is 4.74. The van der Waals surface area contributed by atoms with Crippen LogP contribution in [-0.4, -0.2) is 61.9 Å². The Balaban J connectivity index is 1.31. The van der Waals surface area contributed by atoms with Gasteiger partial charge in [0.2, 0.25) is 11.7 Å². The van der Waals surface area contributed by atoms with Crippen LogP contribution >= 0.6 is 0 Å². The quantitative estimate of drug-likeness (QED) is 0.0787. The number of fused-ring (bicyclic) bond motifs is 1. The van der Waals surface area contributed by atoms with Crippen LogP contribution in [0, 0.1) is 11.2 Å². The number of amides is 3. The van der Waals surface area contributed by atoms with Crippen molar-refractivity contribution in [3.05, 3.63) is 86.6 Å². The highest BCUT2D eigenvalue weighted by Gasteiger charge is 2.24. The van der Waals surface area contributed by atoms with E-state index in [-0.39, 0.29) is 60.8 Å². The van der Waals surface area contributed by atoms with Crippen LogP contribution in [-0.2, 0) is 22.6 Å². The second-order valence-corrected chi connectivity index (χ2v) is 10.5. The number of nitrogens with one attached hydrogen (secondary N) is 3. The highest BCUT2D eigenvalue weighted by atomic mass is 19.1. The predicted molar refractivity (Wildman–Crippen MR) is 164 cm³/mol. The Morgan fingerprint density at radius 3 is 2.56 bits per heavy atom. The zero-order chi connectivity index (χ0) is 32.8. The van der Waals surface area contributed by atoms with E-state index in [0.717, 1.165) is 32.6 Å². The smallest absolute Gasteiger partial charge is 0.328 e. The van der Waals surface area contributed by atoms with Crippen molar-refractivity contribution in [3.63, 3.8) is 0 Å². The van der Waals surface area contributed by atoms with Gasteiger partial charge in [0.25, 0.3) is 5.56 Å². The van der Waals surface area contributed by atoms with E-state index >= 15 is 0 Å². The molecule has 0 saturated heterocycles. The Kier molecular flexibility index (Phi) is 10.0. The van der Waals surface area contributed by atoms with E-state index in [9.17, 15) is 33.8 Å². The number of carbonyl (C=O) groups is 2. The number of H-pyrrole nitrogens is 1. The van der Waals surface area contributed by atoms with Gasteiger partial charge in [-0.15, -0.1) is 0 Å². The van der Waals surface area contributed by atoms with E-state index in [2.05, 4.69) is 5.32 Å². The summed E-state index contributed by atoms with van der Waals surface area (Å²) >= 11 is 0. The summed E-state index contributed by atoms with van der Waals surface area (Å²) in [5.74, 6) is -2.40. The van der Waals surface area contributed by atoms with Crippen LogP contribution in [0.4, 0.5) is 14.9 Å². The molecule has 0 atom stereocenters. The van der Waals surface area contributed by atoms with E-state index in [1.54, 1.807) is 18.2 Å². The minimum absolute atomic E-state index is 0.0425. The molecule has 4 rings (SSSR count). The van der Waals surface area contributed by atoms with Gasteiger partial charge in [0.05, 0.1) is 30.7 Å². The largest absolute Gasteiger partial charge is 0.508 e. The van der Waals surface area contributed by atoms with Gasteiger partial charge in [-0.1, -0.05) is 13.8 Å². The van der Waals surface area contributed by atoms with Crippen molar-refractivity contribution in [2.24, 2.45) is 5.73 Å². The highest BCUT2D eigenvalue weighted by Crippen LogP contribution is 2.34. The van der Waals surface area contributed by atoms with Crippen LogP contribution in [0.1, 0.15) is 37.3 Å². The topological polar surface area (TPSA) is 209 Å². The maximum absolute atomic E-state index is 13.3. The van der Waals surface area contributed by atoms with Gasteiger partial charge in [0, 0.05) is 49.2 Å². The Morgan fingerprint density at radius 2 is 1.84 bits per heavy atom. The number of phenolic OH excluding ortho intramolecular Hbond substituents is 2. The maximum atomic E-state index is 13.3. The van der Waals surface area contributed by atoms with Gasteiger partial charge in [0.1, 0.15) is 17.3 Å². The summed E-state index contributed by atoms with van der Waals surface area (Å²) in [4.78, 5) is 50.0. The molecule has 0 bridgehead atoms. The van der Waals surface area contributed by atoms with Gasteiger partial charge >= 0.3 is 11.7 Å². The molecule has 45 heavy (non-hydrogen) atoms. The van der Waals surface area contributed by atoms with Crippen molar-refractivity contribution < 1.29 is 28.9 Å². The third kappa shape index (κ3) is 7.56. The van der Waals surface area contributed by atoms with Crippen molar-refractivity contribution in [2.75, 3.05) is 24.7 Å². The molecule has 238 valence electrons. The number of phenols is 2. The number of aromatic amines is 1. The van der Waals surface area contributed by atoms with Crippen LogP contribution in [0.5, 0.6) is 11.5 Å². The fourth-order valence-electron chi connectivity index (χ4n) is 4.74. The number of ether oxygens (including phenoxy) is 1. The van der Waals surface area contributed by atoms with E-state index in [1.807, 2.05) is 35.7 Å². The van der Waals surface area contributed by atoms with E-state index < -0.39 is 23.1 Å². The van der Waals surface area contributed by atoms with Crippen LogP contribution in [0.2, 0.25) is 0 Å². The Bertz CT molecular complexity index is 1860. The molecule has 0 aliphatic rings. The molecule has 7 N–H and O–H groups in total. The average molecular weight is 624 g/mol. The third-order valence-corrected chi connectivity index (χ3v) is 7.07. The molecule has 0 fully saturated rings. The second-order valence-electron chi connectivity index (χ2n) is 10.5. The zero-order valence-electron chi connectivity index (χ0n) is 24.7. The Morgan fingerprint density at radius 1 is 1.09 bits per heavy atom. The van der Waals surface area contributed by atoms with E-state index in [4.69, 9.17) is 15.9 Å². The number of benzene rings is 2. The second kappa shape index (κ2) is 13.9. The highest BCUT2D eigenvalue weighted by molar-refractivity contribution is 6.22. The molecular weight excluding hydrogens is 589 g/mol. The molecule has 0 saturated carbocycles. The molecule has 4 aromatic rings. The first kappa shape index (κ1) is 32.5. The summed E-state index contributed by atoms with van der Waals surface area (Å²) in [6.07, 6.45) is 2.50. The lowest BCUT2D eigenvalue weighted by molar-refractivity contribution is -0.121. The molecule has 15 heteroatoms. The summed E-state index contributed by atoms with van der Waals surface area (Å²) < 4.78 is 21.8. The number of aromatic hydroxyl groups is 2. The van der Waals surface area contributed by atoms with Crippen molar-refractivity contribution in [1.82, 2.24) is 19.4 Å². The number of carbonyl (C=O) groups excluding carboxylic acids is 2. The summed E-state index contributed by atoms with van der Waals surface area (Å²) in [6.45, 7) is 4.84. The number of anilines is 1. The molecule has 0 aliphatic heterocycles. The van der Waals surface area contributed by atoms with Gasteiger partial charge in [-0.25, -0.2) is 14.5 Å². The number of aromatic nitrogens is 3. The summed E-state index contributed by atoms with van der Waals surface area (Å²) in [6, 6.07) is 8.61. The molecule has 3 amide bonds. The lowest BCUT2D eigenvalue weighted by atomic mass is 9.98. The summed E-state index contributed by atoms with van der Waals surface area (Å²) in [5.41, 5.74) is 5.43. The summed E-state index contributed by atoms with van der Waals surface area (Å²) in [7, 11) is 0. The number of amidine groups is 1. The Labute approximate surface area is 256 Å². The van der Waals surface area contributed by atoms with Crippen molar-refractivity contribution >= 4 is 34.4 Å². The molecule has 2 aromatic heterocycles. The van der Waals surface area contributed by atoms with Crippen LogP contribution < -0.4 is 27.2 Å². The molecule has 0 spiro atoms. The fraction of sp³-hybridized carbons (Fsp3) is 0.300. The molecular formula is C30H34FN7O7. The molecule has 14 nitrogen and oxygen atoms in total. The van der Waals surface area contributed by atoms with E-state index in [0.29, 0.717) is 24.4 Å². The zero-order valence-corrected chi connectivity index (χ0v) is 24.7. The molecule has 2 heterocycles. The predicted octanol–water partition coefficient (Wildman–Crippen LogP) is 2.30. The summed E-state index contributed by atoms with van der Waals surface area (Å²) in [5, 5.41) is 32.7. The minimum atomic E-state index is -1.12. The van der Waals surface area contributed by atoms with E-state index in [1.165, 1.54) is 6.07 Å². The number of aryl methyl sites for hydroxylation is 1. The van der Waals surface area contributed by atoms with Gasteiger partial charge in [-0.3, -0.25) is 24.5 Å². The number of nitrogens with zero attached hydrogens (tertiary/aromatic N) is 3. The first-order valence-corrected chi connectivity index (χ1v) is 14.0. The van der Waals surface area contributed by atoms with Crippen LogP contribution in [0.3, 0.4) is 0 Å². The number of nitrogens with two attached hydrogens (primary N) is 1. The molecule has 0 unspecified atom stereocenters. The maximum Gasteiger partial charge on any atom is 0.328 e. The molecule has 2 aromatic carbocycles. The number of hydrogen-bond acceptors (Lipinski definition) is 8. The van der Waals surface area contributed by atoms with Crippen LogP contribution in [0.15, 0.2) is 58.4 Å². The first-order valence-electron chi connectivity index (χ1n) is 14.0. The monoisotopic (exact) mass is 623 g/mol. The molecule has 0 aliphatic carbocycles. The van der Waals surface area contributed by atoms with Crippen LogP contribution in [0.25, 0.3) is 10.9 Å². The Hall–Kier alpha value is -5.44. The van der Waals surface area contributed by atoms with Crippen molar-refractivity contribution in [1.29, 1.82) is 5.41 Å². The number of hydrogen-bond donors (Lipinski definition) is 6. The van der Waals surface area contributed by atoms with Gasteiger partial charge in [-0.05, 0) is 41.8 Å². The average Bonchev–Trinajstić information content (AvgIpc) is 3.37. The SMILES string of the molecule is CC(C)c1cc(C(=N)N(C(N)=O)c2ccc3c(ccn3CCOCCNC(=O)CCn3cc(F)c(=O)[nH]c3=O)c2)c(O)cc1O. The van der Waals surface area contributed by atoms with Gasteiger partial charge in [-0.2, -0.15) is 4.39 Å². The third-order valence-electron chi connectivity index (χ3n) is 7.07. The van der Waals surface area contributed by atoms with Crippen molar-refractivity contribution in [3.8, 4) is 11.5 Å². The molecule has 0 radical (unpaired) electrons. The van der Waals surface area contributed by atoms with Gasteiger partial charge in [0.15, 0.2) is 0 Å².